The molecule has 0 aliphatic rings. The van der Waals surface area contributed by atoms with Crippen molar-refractivity contribution < 1.29 is 9.72 Å². The van der Waals surface area contributed by atoms with Crippen LogP contribution in [0.25, 0.3) is 10.2 Å². The first-order valence-electron chi connectivity index (χ1n) is 8.57. The maximum absolute atomic E-state index is 12.2. The topological polar surface area (TPSA) is 142 Å². The molecule has 150 valence electrons. The average Bonchev–Trinajstić information content (AvgIpc) is 2.95. The number of nitro groups is 1. The molecule has 0 radical (unpaired) electrons. The predicted octanol–water partition coefficient (Wildman–Crippen LogP) is 2.24. The Morgan fingerprint density at radius 3 is 2.86 bits per heavy atom. The van der Waals surface area contributed by atoms with E-state index in [-0.39, 0.29) is 23.5 Å². The third kappa shape index (κ3) is 4.29. The van der Waals surface area contributed by atoms with E-state index < -0.39 is 10.8 Å². The van der Waals surface area contributed by atoms with Gasteiger partial charge in [0.2, 0.25) is 5.91 Å². The highest BCUT2D eigenvalue weighted by Crippen LogP contribution is 2.26. The van der Waals surface area contributed by atoms with Crippen molar-refractivity contribution in [2.24, 2.45) is 5.10 Å². The standard InChI is InChI=1S/C18H18N6O4S/c1-9-10(2)29-18-16(9)17(26)21-14(22-18)7-15(25)23-20-8-11-4-5-12(19-3)13(6-11)24(27)28/h4-6,8,19H,7H2,1-3H3,(H,23,25)(H,21,22,26)/b20-8+. The van der Waals surface area contributed by atoms with Gasteiger partial charge >= 0.3 is 0 Å². The number of nitro benzene ring substituents is 1. The Balaban J connectivity index is 1.70. The molecule has 0 spiro atoms. The third-order valence-corrected chi connectivity index (χ3v) is 5.41. The zero-order valence-corrected chi connectivity index (χ0v) is 16.7. The van der Waals surface area contributed by atoms with Crippen molar-refractivity contribution in [3.63, 3.8) is 0 Å². The van der Waals surface area contributed by atoms with Crippen molar-refractivity contribution in [3.05, 3.63) is 60.5 Å². The number of thiophene rings is 1. The van der Waals surface area contributed by atoms with Crippen LogP contribution in [-0.4, -0.2) is 34.1 Å². The second-order valence-electron chi connectivity index (χ2n) is 6.23. The van der Waals surface area contributed by atoms with Crippen LogP contribution in [0.1, 0.15) is 21.8 Å². The molecule has 0 bridgehead atoms. The lowest BCUT2D eigenvalue weighted by atomic mass is 10.2. The number of aromatic amines is 1. The van der Waals surface area contributed by atoms with Gasteiger partial charge in [-0.2, -0.15) is 5.10 Å². The maximum Gasteiger partial charge on any atom is 0.292 e. The summed E-state index contributed by atoms with van der Waals surface area (Å²) in [5, 5.41) is 18.2. The molecule has 0 unspecified atom stereocenters. The summed E-state index contributed by atoms with van der Waals surface area (Å²) < 4.78 is 0. The normalized spacial score (nSPS) is 11.1. The highest BCUT2D eigenvalue weighted by atomic mass is 32.1. The molecule has 1 aromatic carbocycles. The number of carbonyl (C=O) groups is 1. The van der Waals surface area contributed by atoms with E-state index in [1.807, 2.05) is 13.8 Å². The number of hydrogen-bond donors (Lipinski definition) is 3. The molecule has 29 heavy (non-hydrogen) atoms. The van der Waals surface area contributed by atoms with E-state index in [2.05, 4.69) is 25.8 Å². The second kappa shape index (κ2) is 8.19. The van der Waals surface area contributed by atoms with Crippen molar-refractivity contribution in [1.82, 2.24) is 15.4 Å². The van der Waals surface area contributed by atoms with Crippen molar-refractivity contribution in [3.8, 4) is 0 Å². The number of H-pyrrole nitrogens is 1. The van der Waals surface area contributed by atoms with Gasteiger partial charge < -0.3 is 10.3 Å². The summed E-state index contributed by atoms with van der Waals surface area (Å²) in [6.07, 6.45) is 1.15. The van der Waals surface area contributed by atoms with Gasteiger partial charge in [-0.3, -0.25) is 19.7 Å². The number of fused-ring (bicyclic) bond motifs is 1. The first-order valence-corrected chi connectivity index (χ1v) is 9.38. The number of hydrogen-bond acceptors (Lipinski definition) is 8. The molecule has 0 aliphatic carbocycles. The lowest BCUT2D eigenvalue weighted by Gasteiger charge is -2.03. The highest BCUT2D eigenvalue weighted by Gasteiger charge is 2.14. The first-order chi connectivity index (χ1) is 13.8. The summed E-state index contributed by atoms with van der Waals surface area (Å²) in [5.41, 5.74) is 3.67. The van der Waals surface area contributed by atoms with Gasteiger partial charge in [0.15, 0.2) is 0 Å². The second-order valence-corrected chi connectivity index (χ2v) is 7.43. The average molecular weight is 414 g/mol. The number of nitrogens with zero attached hydrogens (tertiary/aromatic N) is 3. The molecule has 0 fully saturated rings. The molecule has 1 amide bonds. The molecule has 3 N–H and O–H groups in total. The Morgan fingerprint density at radius 2 is 2.17 bits per heavy atom. The van der Waals surface area contributed by atoms with Gasteiger partial charge in [0.1, 0.15) is 16.3 Å². The Hall–Kier alpha value is -3.60. The summed E-state index contributed by atoms with van der Waals surface area (Å²) in [4.78, 5) is 43.5. The van der Waals surface area contributed by atoms with Gasteiger partial charge in [-0.05, 0) is 25.5 Å². The number of rotatable bonds is 6. The van der Waals surface area contributed by atoms with E-state index in [4.69, 9.17) is 0 Å². The Morgan fingerprint density at radius 1 is 1.41 bits per heavy atom. The van der Waals surface area contributed by atoms with Gasteiger partial charge in [0, 0.05) is 23.6 Å². The molecule has 2 aromatic heterocycles. The number of aromatic nitrogens is 2. The van der Waals surface area contributed by atoms with E-state index in [0.29, 0.717) is 21.5 Å². The van der Waals surface area contributed by atoms with Crippen LogP contribution in [-0.2, 0) is 11.2 Å². The van der Waals surface area contributed by atoms with Gasteiger partial charge in [-0.1, -0.05) is 6.07 Å². The van der Waals surface area contributed by atoms with Gasteiger partial charge in [-0.15, -0.1) is 11.3 Å². The third-order valence-electron chi connectivity index (χ3n) is 4.31. The minimum Gasteiger partial charge on any atom is -0.383 e. The molecule has 10 nitrogen and oxygen atoms in total. The molecule has 3 rings (SSSR count). The number of hydrazone groups is 1. The molecule has 0 saturated heterocycles. The lowest BCUT2D eigenvalue weighted by molar-refractivity contribution is -0.383. The zero-order chi connectivity index (χ0) is 21.1. The van der Waals surface area contributed by atoms with Crippen molar-refractivity contribution in [2.75, 3.05) is 12.4 Å². The maximum atomic E-state index is 12.2. The van der Waals surface area contributed by atoms with E-state index in [9.17, 15) is 19.7 Å². The fourth-order valence-electron chi connectivity index (χ4n) is 2.74. The van der Waals surface area contributed by atoms with Crippen LogP contribution in [0.3, 0.4) is 0 Å². The monoisotopic (exact) mass is 414 g/mol. The fourth-order valence-corrected chi connectivity index (χ4v) is 3.79. The molecule has 11 heteroatoms. The molecular weight excluding hydrogens is 396 g/mol. The predicted molar refractivity (Wildman–Crippen MR) is 112 cm³/mol. The zero-order valence-electron chi connectivity index (χ0n) is 15.9. The first kappa shape index (κ1) is 20.1. The quantitative estimate of drug-likeness (QED) is 0.321. The van der Waals surface area contributed by atoms with Gasteiger partial charge in [0.05, 0.1) is 22.9 Å². The van der Waals surface area contributed by atoms with Crippen LogP contribution in [0.2, 0.25) is 0 Å². The van der Waals surface area contributed by atoms with Crippen LogP contribution >= 0.6 is 11.3 Å². The van der Waals surface area contributed by atoms with Crippen LogP contribution in [0.15, 0.2) is 28.1 Å². The smallest absolute Gasteiger partial charge is 0.292 e. The summed E-state index contributed by atoms with van der Waals surface area (Å²) in [7, 11) is 1.59. The Labute approximate surface area is 168 Å². The molecule has 3 aromatic rings. The number of nitrogens with one attached hydrogen (secondary N) is 3. The van der Waals surface area contributed by atoms with Crippen LogP contribution < -0.4 is 16.3 Å². The minimum absolute atomic E-state index is 0.0978. The molecular formula is C18H18N6O4S. The van der Waals surface area contributed by atoms with E-state index in [0.717, 1.165) is 10.4 Å². The number of aryl methyl sites for hydroxylation is 2. The van der Waals surface area contributed by atoms with Gasteiger partial charge in [-0.25, -0.2) is 10.4 Å². The summed E-state index contributed by atoms with van der Waals surface area (Å²) in [6, 6.07) is 4.52. The summed E-state index contributed by atoms with van der Waals surface area (Å²) in [6.45, 7) is 3.77. The minimum atomic E-state index is -0.506. The summed E-state index contributed by atoms with van der Waals surface area (Å²) in [5.74, 6) is -0.236. The fraction of sp³-hybridized carbons (Fsp3) is 0.222. The van der Waals surface area contributed by atoms with Crippen LogP contribution in [0.5, 0.6) is 0 Å². The van der Waals surface area contributed by atoms with E-state index in [1.165, 1.54) is 23.6 Å². The number of anilines is 1. The lowest BCUT2D eigenvalue weighted by Crippen LogP contribution is -2.23. The van der Waals surface area contributed by atoms with E-state index in [1.54, 1.807) is 19.2 Å². The summed E-state index contributed by atoms with van der Waals surface area (Å²) >= 11 is 1.40. The van der Waals surface area contributed by atoms with Crippen LogP contribution in [0.4, 0.5) is 11.4 Å². The number of amides is 1. The number of benzene rings is 1. The van der Waals surface area contributed by atoms with Crippen molar-refractivity contribution in [2.45, 2.75) is 20.3 Å². The van der Waals surface area contributed by atoms with Gasteiger partial charge in [0.25, 0.3) is 11.2 Å². The Kier molecular flexibility index (Phi) is 5.69. The molecule has 0 aliphatic heterocycles. The SMILES string of the molecule is CNc1ccc(/C=N/NC(=O)Cc2nc3sc(C)c(C)c3c(=O)[nH]2)cc1[N+](=O)[O-]. The van der Waals surface area contributed by atoms with Crippen LogP contribution in [0, 0.1) is 24.0 Å². The van der Waals surface area contributed by atoms with Crippen molar-refractivity contribution in [1.29, 1.82) is 0 Å². The molecule has 0 atom stereocenters. The van der Waals surface area contributed by atoms with Crippen molar-refractivity contribution >= 4 is 45.0 Å². The van der Waals surface area contributed by atoms with E-state index >= 15 is 0 Å². The highest BCUT2D eigenvalue weighted by molar-refractivity contribution is 7.18. The Bertz CT molecular complexity index is 1200. The molecule has 0 saturated carbocycles. The molecule has 2 heterocycles. The largest absolute Gasteiger partial charge is 0.383 e. The number of carbonyl (C=O) groups excluding carboxylic acids is 1.